The van der Waals surface area contributed by atoms with Crippen LogP contribution in [-0.2, 0) is 15.6 Å². The second-order valence-corrected chi connectivity index (χ2v) is 5.90. The van der Waals surface area contributed by atoms with Crippen LogP contribution in [0.1, 0.15) is 11.3 Å². The molecule has 0 fully saturated rings. The topological polar surface area (TPSA) is 116 Å². The average Bonchev–Trinajstić information content (AvgIpc) is 2.93. The molecule has 23 heavy (non-hydrogen) atoms. The number of carbonyl (C=O) groups is 1. The lowest BCUT2D eigenvalue weighted by Gasteiger charge is -2.15. The predicted octanol–water partition coefficient (Wildman–Crippen LogP) is 2.09. The van der Waals surface area contributed by atoms with Crippen LogP contribution in [0.15, 0.2) is 34.3 Å². The third-order valence-electron chi connectivity index (χ3n) is 3.12. The number of phenolic OH excluding ortho intramolecular Hbond substituents is 1. The minimum absolute atomic E-state index is 0.0104. The molecule has 1 unspecified atom stereocenters. The van der Waals surface area contributed by atoms with Gasteiger partial charge in [0.2, 0.25) is 5.91 Å². The van der Waals surface area contributed by atoms with Gasteiger partial charge in [0.1, 0.15) is 17.6 Å². The standard InChI is InChI=1S/C15H13N3O4S/c1-4-12(19)18-11-5-9(6-16)15(23(3)21)13(14(11)20)10-7-17-22-8(10)2/h4-5,7,20H,1H2,2-3H3,(H,18,19). The summed E-state index contributed by atoms with van der Waals surface area (Å²) in [6, 6.07) is 3.19. The van der Waals surface area contributed by atoms with Gasteiger partial charge in [0.25, 0.3) is 0 Å². The summed E-state index contributed by atoms with van der Waals surface area (Å²) in [6.45, 7) is 4.95. The van der Waals surface area contributed by atoms with Crippen molar-refractivity contribution in [3.63, 3.8) is 0 Å². The fourth-order valence-electron chi connectivity index (χ4n) is 2.10. The van der Waals surface area contributed by atoms with Gasteiger partial charge >= 0.3 is 0 Å². The summed E-state index contributed by atoms with van der Waals surface area (Å²) >= 11 is 0. The summed E-state index contributed by atoms with van der Waals surface area (Å²) < 4.78 is 17.1. The van der Waals surface area contributed by atoms with Gasteiger partial charge < -0.3 is 14.9 Å². The first-order valence-corrected chi connectivity index (χ1v) is 7.95. The average molecular weight is 331 g/mol. The molecule has 0 bridgehead atoms. The molecule has 2 rings (SSSR count). The van der Waals surface area contributed by atoms with Gasteiger partial charge in [-0.15, -0.1) is 0 Å². The lowest BCUT2D eigenvalue weighted by Crippen LogP contribution is -2.09. The monoisotopic (exact) mass is 331 g/mol. The lowest BCUT2D eigenvalue weighted by atomic mass is 10.0. The maximum Gasteiger partial charge on any atom is 0.247 e. The Morgan fingerprint density at radius 3 is 2.78 bits per heavy atom. The number of aromatic nitrogens is 1. The SMILES string of the molecule is C=CC(=O)Nc1cc(C#N)c(S(C)=O)c(-c2cnoc2C)c1O. The zero-order chi connectivity index (χ0) is 17.1. The number of phenols is 1. The van der Waals surface area contributed by atoms with E-state index in [0.717, 1.165) is 6.08 Å². The van der Waals surface area contributed by atoms with Crippen LogP contribution in [0.5, 0.6) is 5.75 Å². The van der Waals surface area contributed by atoms with Gasteiger partial charge in [0, 0.05) is 17.4 Å². The van der Waals surface area contributed by atoms with E-state index in [0.29, 0.717) is 11.3 Å². The summed E-state index contributed by atoms with van der Waals surface area (Å²) in [5, 5.41) is 25.9. The molecule has 2 aromatic rings. The van der Waals surface area contributed by atoms with E-state index in [1.165, 1.54) is 18.5 Å². The predicted molar refractivity (Wildman–Crippen MR) is 84.2 cm³/mol. The highest BCUT2D eigenvalue weighted by Crippen LogP contribution is 2.43. The number of aromatic hydroxyl groups is 1. The van der Waals surface area contributed by atoms with Gasteiger partial charge in [-0.25, -0.2) is 0 Å². The number of carbonyl (C=O) groups excluding carboxylic acids is 1. The summed E-state index contributed by atoms with van der Waals surface area (Å²) in [5.41, 5.74) is 0.608. The largest absolute Gasteiger partial charge is 0.505 e. The molecule has 0 radical (unpaired) electrons. The Morgan fingerprint density at radius 1 is 1.61 bits per heavy atom. The van der Waals surface area contributed by atoms with E-state index in [4.69, 9.17) is 4.52 Å². The van der Waals surface area contributed by atoms with Crippen LogP contribution in [0.3, 0.4) is 0 Å². The highest BCUT2D eigenvalue weighted by molar-refractivity contribution is 7.84. The normalized spacial score (nSPS) is 11.5. The van der Waals surface area contributed by atoms with Gasteiger partial charge in [-0.1, -0.05) is 11.7 Å². The molecule has 0 saturated heterocycles. The van der Waals surface area contributed by atoms with E-state index in [2.05, 4.69) is 17.1 Å². The van der Waals surface area contributed by atoms with Crippen LogP contribution >= 0.6 is 0 Å². The van der Waals surface area contributed by atoms with E-state index in [-0.39, 0.29) is 27.5 Å². The molecule has 0 saturated carbocycles. The van der Waals surface area contributed by atoms with Gasteiger partial charge in [0.15, 0.2) is 0 Å². The van der Waals surface area contributed by atoms with Crippen molar-refractivity contribution < 1.29 is 18.6 Å². The molecule has 1 atom stereocenters. The quantitative estimate of drug-likeness (QED) is 0.654. The smallest absolute Gasteiger partial charge is 0.247 e. The van der Waals surface area contributed by atoms with Gasteiger partial charge in [-0.2, -0.15) is 5.26 Å². The van der Waals surface area contributed by atoms with Gasteiger partial charge in [0.05, 0.1) is 33.1 Å². The number of anilines is 1. The van der Waals surface area contributed by atoms with E-state index in [1.807, 2.05) is 6.07 Å². The van der Waals surface area contributed by atoms with Crippen LogP contribution in [-0.4, -0.2) is 26.6 Å². The van der Waals surface area contributed by atoms with Crippen LogP contribution in [0, 0.1) is 18.3 Å². The first-order chi connectivity index (χ1) is 10.9. The van der Waals surface area contributed by atoms with Crippen molar-refractivity contribution in [1.82, 2.24) is 5.16 Å². The molecule has 8 heteroatoms. The Bertz CT molecular complexity index is 864. The highest BCUT2D eigenvalue weighted by Gasteiger charge is 2.24. The number of nitrogens with zero attached hydrogens (tertiary/aromatic N) is 2. The highest BCUT2D eigenvalue weighted by atomic mass is 32.2. The summed E-state index contributed by atoms with van der Waals surface area (Å²) in [5.74, 6) is -0.499. The molecule has 1 amide bonds. The molecular weight excluding hydrogens is 318 g/mol. The Labute approximate surface area is 134 Å². The van der Waals surface area contributed by atoms with Crippen molar-refractivity contribution >= 4 is 22.4 Å². The second-order valence-electron chi connectivity index (χ2n) is 4.58. The third-order valence-corrected chi connectivity index (χ3v) is 4.12. The maximum absolute atomic E-state index is 12.1. The maximum atomic E-state index is 12.1. The Morgan fingerprint density at radius 2 is 2.30 bits per heavy atom. The van der Waals surface area contributed by atoms with Crippen LogP contribution < -0.4 is 5.32 Å². The number of aryl methyl sites for hydroxylation is 1. The number of hydrogen-bond acceptors (Lipinski definition) is 6. The summed E-state index contributed by atoms with van der Waals surface area (Å²) in [7, 11) is -1.56. The molecule has 0 spiro atoms. The zero-order valence-corrected chi connectivity index (χ0v) is 13.2. The van der Waals surface area contributed by atoms with Crippen LogP contribution in [0.2, 0.25) is 0 Å². The Balaban J connectivity index is 2.85. The first-order valence-electron chi connectivity index (χ1n) is 6.39. The van der Waals surface area contributed by atoms with Crippen LogP contribution in [0.25, 0.3) is 11.1 Å². The van der Waals surface area contributed by atoms with E-state index < -0.39 is 16.7 Å². The van der Waals surface area contributed by atoms with Crippen molar-refractivity contribution in [3.05, 3.63) is 36.2 Å². The Hall–Kier alpha value is -2.92. The van der Waals surface area contributed by atoms with Crippen molar-refractivity contribution in [2.24, 2.45) is 0 Å². The molecule has 1 aromatic heterocycles. The minimum Gasteiger partial charge on any atom is -0.505 e. The molecule has 2 N–H and O–H groups in total. The number of nitrogens with one attached hydrogen (secondary N) is 1. The van der Waals surface area contributed by atoms with Gasteiger partial charge in [-0.05, 0) is 19.1 Å². The molecule has 1 aromatic carbocycles. The van der Waals surface area contributed by atoms with Crippen molar-refractivity contribution in [1.29, 1.82) is 5.26 Å². The number of amides is 1. The van der Waals surface area contributed by atoms with Crippen molar-refractivity contribution in [2.45, 2.75) is 11.8 Å². The first kappa shape index (κ1) is 16.5. The van der Waals surface area contributed by atoms with Gasteiger partial charge in [-0.3, -0.25) is 9.00 Å². The lowest BCUT2D eigenvalue weighted by molar-refractivity contribution is -0.111. The number of benzene rings is 1. The third kappa shape index (κ3) is 3.00. The second kappa shape index (κ2) is 6.46. The molecule has 1 heterocycles. The molecule has 0 aliphatic heterocycles. The number of hydrogen-bond donors (Lipinski definition) is 2. The summed E-state index contributed by atoms with van der Waals surface area (Å²) in [4.78, 5) is 11.6. The Kier molecular flexibility index (Phi) is 4.62. The zero-order valence-electron chi connectivity index (χ0n) is 12.4. The fourth-order valence-corrected chi connectivity index (χ4v) is 3.01. The van der Waals surface area contributed by atoms with E-state index in [1.54, 1.807) is 6.92 Å². The van der Waals surface area contributed by atoms with Crippen molar-refractivity contribution in [3.8, 4) is 22.9 Å². The molecular formula is C15H13N3O4S. The number of nitriles is 1. The molecule has 7 nitrogen and oxygen atoms in total. The minimum atomic E-state index is -1.56. The molecule has 0 aliphatic carbocycles. The van der Waals surface area contributed by atoms with Crippen molar-refractivity contribution in [2.75, 3.05) is 11.6 Å². The summed E-state index contributed by atoms with van der Waals surface area (Å²) in [6.07, 6.45) is 3.77. The van der Waals surface area contributed by atoms with E-state index >= 15 is 0 Å². The number of rotatable bonds is 4. The molecule has 0 aliphatic rings. The van der Waals surface area contributed by atoms with E-state index in [9.17, 15) is 19.4 Å². The fraction of sp³-hybridized carbons (Fsp3) is 0.133. The molecule has 118 valence electrons. The van der Waals surface area contributed by atoms with Crippen LogP contribution in [0.4, 0.5) is 5.69 Å².